The van der Waals surface area contributed by atoms with Crippen molar-refractivity contribution in [1.82, 2.24) is 10.4 Å². The highest BCUT2D eigenvalue weighted by Crippen LogP contribution is 2.35. The van der Waals surface area contributed by atoms with Gasteiger partial charge in [-0.2, -0.15) is 0 Å². The number of carbonyl (C=O) groups excluding carboxylic acids is 2. The van der Waals surface area contributed by atoms with E-state index in [-0.39, 0.29) is 6.42 Å². The van der Waals surface area contributed by atoms with Crippen molar-refractivity contribution in [3.8, 4) is 16.9 Å². The van der Waals surface area contributed by atoms with Crippen molar-refractivity contribution in [2.24, 2.45) is 5.73 Å². The maximum atomic E-state index is 12.4. The molecule has 230 valence electrons. The molecule has 3 rings (SSSR count). The number of hydroxylamine groups is 2. The minimum atomic E-state index is -0.653. The highest BCUT2D eigenvalue weighted by Gasteiger charge is 2.23. The number of benzene rings is 3. The number of nitrogens with one attached hydrogen (secondary N) is 1. The molecule has 0 aromatic heterocycles. The lowest BCUT2D eigenvalue weighted by Crippen LogP contribution is -2.35. The Labute approximate surface area is 250 Å². The van der Waals surface area contributed by atoms with Crippen molar-refractivity contribution in [3.63, 3.8) is 0 Å². The second-order valence-corrected chi connectivity index (χ2v) is 10.8. The van der Waals surface area contributed by atoms with E-state index in [1.165, 1.54) is 20.0 Å². The van der Waals surface area contributed by atoms with Crippen molar-refractivity contribution in [2.75, 3.05) is 41.0 Å². The van der Waals surface area contributed by atoms with E-state index in [4.69, 9.17) is 24.8 Å². The molecule has 1 unspecified atom stereocenters. The zero-order valence-corrected chi connectivity index (χ0v) is 26.1. The molecule has 0 radical (unpaired) electrons. The van der Waals surface area contributed by atoms with Crippen molar-refractivity contribution < 1.29 is 28.6 Å². The topological polar surface area (TPSA) is 112 Å². The molecule has 0 bridgehead atoms. The van der Waals surface area contributed by atoms with Crippen LogP contribution in [-0.2, 0) is 19.0 Å². The van der Waals surface area contributed by atoms with Crippen LogP contribution in [-0.4, -0.2) is 63.7 Å². The first-order valence-corrected chi connectivity index (χ1v) is 14.3. The number of rotatable bonds is 12. The van der Waals surface area contributed by atoms with Gasteiger partial charge in [0.2, 0.25) is 0 Å². The number of fused-ring (bicyclic) bond motifs is 1. The Morgan fingerprint density at radius 2 is 1.64 bits per heavy atom. The number of methoxy groups -OCH3 is 2. The molecule has 0 spiro atoms. The van der Waals surface area contributed by atoms with Crippen LogP contribution in [0.5, 0.6) is 5.75 Å². The molecule has 3 aromatic rings. The summed E-state index contributed by atoms with van der Waals surface area (Å²) >= 11 is 0. The molecule has 0 saturated heterocycles. The van der Waals surface area contributed by atoms with Gasteiger partial charge in [-0.1, -0.05) is 61.9 Å². The minimum Gasteiger partial charge on any atom is -0.469 e. The summed E-state index contributed by atoms with van der Waals surface area (Å²) in [6.07, 6.45) is 1.78. The van der Waals surface area contributed by atoms with E-state index in [1.807, 2.05) is 61.6 Å². The molecular formula is C33H47N3O6. The van der Waals surface area contributed by atoms with Crippen LogP contribution >= 0.6 is 0 Å². The summed E-state index contributed by atoms with van der Waals surface area (Å²) in [6.45, 7) is 9.54. The quantitative estimate of drug-likeness (QED) is 0.191. The first-order chi connectivity index (χ1) is 20.0. The number of nitrogens with two attached hydrogens (primary N) is 1. The van der Waals surface area contributed by atoms with Crippen LogP contribution in [0.2, 0.25) is 0 Å². The van der Waals surface area contributed by atoms with Gasteiger partial charge >= 0.3 is 12.1 Å². The van der Waals surface area contributed by atoms with Crippen LogP contribution in [0.1, 0.15) is 58.6 Å². The Morgan fingerprint density at radius 3 is 2.19 bits per heavy atom. The minimum absolute atomic E-state index is 0.0132. The van der Waals surface area contributed by atoms with Gasteiger partial charge in [0.1, 0.15) is 5.60 Å². The number of amides is 1. The predicted molar refractivity (Wildman–Crippen MR) is 167 cm³/mol. The Bertz CT molecular complexity index is 1250. The van der Waals surface area contributed by atoms with Crippen molar-refractivity contribution in [1.29, 1.82) is 0 Å². The standard InChI is InChI=1S/C29H36N2O6.C4H11N/c1-29(2,3)36-28(33)30-25(19-27(32)35-6)21-13-11-20(12-14-21)22-15-16-26(37-31(4)17-18-34-5)24-10-8-7-9-23(22)24;1-2-3-4-5/h7-16,25H,17-19H2,1-6H3,(H,30,33);2-5H2,1H3. The van der Waals surface area contributed by atoms with Gasteiger partial charge in [0.25, 0.3) is 0 Å². The number of hydrogen-bond donors (Lipinski definition) is 2. The fourth-order valence-electron chi connectivity index (χ4n) is 4.09. The van der Waals surface area contributed by atoms with E-state index >= 15 is 0 Å². The summed E-state index contributed by atoms with van der Waals surface area (Å²) in [6, 6.07) is 19.2. The van der Waals surface area contributed by atoms with Gasteiger partial charge in [-0.05, 0) is 67.9 Å². The van der Waals surface area contributed by atoms with E-state index in [2.05, 4.69) is 18.3 Å². The lowest BCUT2D eigenvalue weighted by Gasteiger charge is -2.23. The average molecular weight is 582 g/mol. The molecule has 0 saturated carbocycles. The lowest BCUT2D eigenvalue weighted by molar-refractivity contribution is -0.141. The van der Waals surface area contributed by atoms with Gasteiger partial charge in [-0.25, -0.2) is 4.79 Å². The molecule has 0 fully saturated rings. The number of likely N-dealkylation sites (N-methyl/N-ethyl adjacent to an activating group) is 1. The van der Waals surface area contributed by atoms with E-state index < -0.39 is 23.7 Å². The summed E-state index contributed by atoms with van der Waals surface area (Å²) in [4.78, 5) is 30.5. The summed E-state index contributed by atoms with van der Waals surface area (Å²) in [5.74, 6) is 0.330. The Hall–Kier alpha value is -3.66. The molecule has 3 aromatic carbocycles. The third-order valence-corrected chi connectivity index (χ3v) is 6.22. The first-order valence-electron chi connectivity index (χ1n) is 14.3. The monoisotopic (exact) mass is 581 g/mol. The molecule has 42 heavy (non-hydrogen) atoms. The van der Waals surface area contributed by atoms with E-state index in [1.54, 1.807) is 32.9 Å². The van der Waals surface area contributed by atoms with Crippen LogP contribution in [0.4, 0.5) is 4.79 Å². The molecule has 0 aliphatic heterocycles. The predicted octanol–water partition coefficient (Wildman–Crippen LogP) is 6.25. The molecule has 0 heterocycles. The Kier molecular flexibility index (Phi) is 14.3. The van der Waals surface area contributed by atoms with E-state index in [0.29, 0.717) is 13.2 Å². The van der Waals surface area contributed by atoms with Crippen LogP contribution in [0, 0.1) is 0 Å². The second kappa shape index (κ2) is 17.3. The molecule has 0 aliphatic rings. The SMILES string of the molecule is CCCCN.COCCN(C)Oc1ccc(-c2ccc(C(CC(=O)OC)NC(=O)OC(C)(C)C)cc2)c2ccccc12. The maximum absolute atomic E-state index is 12.4. The highest BCUT2D eigenvalue weighted by molar-refractivity contribution is 6.00. The number of alkyl carbamates (subject to hydrolysis) is 1. The van der Waals surface area contributed by atoms with Crippen molar-refractivity contribution >= 4 is 22.8 Å². The fraction of sp³-hybridized carbons (Fsp3) is 0.455. The number of unbranched alkanes of at least 4 members (excludes halogenated alkanes) is 1. The zero-order chi connectivity index (χ0) is 31.1. The number of esters is 1. The number of ether oxygens (including phenoxy) is 3. The summed E-state index contributed by atoms with van der Waals surface area (Å²) in [7, 11) is 4.86. The van der Waals surface area contributed by atoms with Crippen LogP contribution in [0.3, 0.4) is 0 Å². The Balaban J connectivity index is 0.00000113. The molecule has 1 atom stereocenters. The van der Waals surface area contributed by atoms with Gasteiger partial charge in [0.05, 0.1) is 32.7 Å². The largest absolute Gasteiger partial charge is 0.469 e. The normalized spacial score (nSPS) is 11.8. The zero-order valence-electron chi connectivity index (χ0n) is 26.1. The maximum Gasteiger partial charge on any atom is 0.408 e. The molecule has 1 amide bonds. The molecular weight excluding hydrogens is 534 g/mol. The highest BCUT2D eigenvalue weighted by atomic mass is 16.7. The number of hydrogen-bond acceptors (Lipinski definition) is 8. The van der Waals surface area contributed by atoms with Crippen LogP contribution < -0.4 is 15.9 Å². The van der Waals surface area contributed by atoms with Gasteiger partial charge < -0.3 is 30.1 Å². The summed E-state index contributed by atoms with van der Waals surface area (Å²) in [5.41, 5.74) is 7.29. The van der Waals surface area contributed by atoms with E-state index in [9.17, 15) is 9.59 Å². The van der Waals surface area contributed by atoms with Crippen LogP contribution in [0.15, 0.2) is 60.7 Å². The molecule has 9 nitrogen and oxygen atoms in total. The van der Waals surface area contributed by atoms with Crippen LogP contribution in [0.25, 0.3) is 21.9 Å². The summed E-state index contributed by atoms with van der Waals surface area (Å²) < 4.78 is 15.3. The van der Waals surface area contributed by atoms with Gasteiger partial charge in [0.15, 0.2) is 5.75 Å². The summed E-state index contributed by atoms with van der Waals surface area (Å²) in [5, 5.41) is 6.58. The fourth-order valence-corrected chi connectivity index (χ4v) is 4.09. The third-order valence-electron chi connectivity index (χ3n) is 6.22. The second-order valence-electron chi connectivity index (χ2n) is 10.8. The lowest BCUT2D eigenvalue weighted by atomic mass is 9.95. The first kappa shape index (κ1) is 34.5. The van der Waals surface area contributed by atoms with Gasteiger partial charge in [-0.15, -0.1) is 5.06 Å². The van der Waals surface area contributed by atoms with Crippen molar-refractivity contribution in [2.45, 2.75) is 58.6 Å². The number of carbonyl (C=O) groups is 2. The molecule has 3 N–H and O–H groups in total. The Morgan fingerprint density at radius 1 is 0.976 bits per heavy atom. The average Bonchev–Trinajstić information content (AvgIpc) is 2.95. The third kappa shape index (κ3) is 11.3. The van der Waals surface area contributed by atoms with E-state index in [0.717, 1.165) is 39.8 Å². The van der Waals surface area contributed by atoms with Crippen molar-refractivity contribution in [3.05, 3.63) is 66.2 Å². The van der Waals surface area contributed by atoms with Gasteiger partial charge in [-0.3, -0.25) is 4.79 Å². The number of nitrogens with zero attached hydrogens (tertiary/aromatic N) is 1. The molecule has 9 heteroatoms. The van der Waals surface area contributed by atoms with Gasteiger partial charge in [0, 0.05) is 19.5 Å². The molecule has 0 aliphatic carbocycles. The smallest absolute Gasteiger partial charge is 0.408 e.